The van der Waals surface area contributed by atoms with Crippen LogP contribution in [-0.2, 0) is 0 Å². The molecule has 0 saturated carbocycles. The lowest BCUT2D eigenvalue weighted by molar-refractivity contribution is -0.0912. The summed E-state index contributed by atoms with van der Waals surface area (Å²) in [6.07, 6.45) is 8.26. The minimum Gasteiger partial charge on any atom is -0.331 e. The molecule has 0 aromatic carbocycles. The number of nitrogens with two attached hydrogens (primary N) is 1. The Morgan fingerprint density at radius 1 is 0.750 bits per heavy atom. The maximum Gasteiger partial charge on any atom is 0.0290 e. The molecule has 28 heavy (non-hydrogen) atoms. The van der Waals surface area contributed by atoms with E-state index in [1.165, 1.54) is 43.6 Å². The summed E-state index contributed by atoms with van der Waals surface area (Å²) in [6, 6.07) is 0.241. The van der Waals surface area contributed by atoms with Crippen molar-refractivity contribution in [2.75, 3.05) is 27.7 Å². The number of nitrogens with zero attached hydrogens (tertiary/aromatic N) is 1. The number of hydrogen-bond donors (Lipinski definition) is 3. The first-order chi connectivity index (χ1) is 13.3. The molecule has 0 unspecified atom stereocenters. The molecule has 0 radical (unpaired) electrons. The van der Waals surface area contributed by atoms with Crippen LogP contribution in [0.3, 0.4) is 0 Å². The molecule has 0 heterocycles. The fourth-order valence-electron chi connectivity index (χ4n) is 0.677. The van der Waals surface area contributed by atoms with Gasteiger partial charge in [0.25, 0.3) is 0 Å². The Kier molecular flexibility index (Phi) is 170. The van der Waals surface area contributed by atoms with Crippen LogP contribution >= 0.6 is 0 Å². The van der Waals surface area contributed by atoms with Gasteiger partial charge in [0, 0.05) is 13.1 Å². The molecular formula is C24H67N3O. The van der Waals surface area contributed by atoms with Crippen LogP contribution in [0.15, 0.2) is 0 Å². The van der Waals surface area contributed by atoms with Gasteiger partial charge in [-0.3, -0.25) is 0 Å². The highest BCUT2D eigenvalue weighted by molar-refractivity contribution is 4.39. The van der Waals surface area contributed by atoms with E-state index in [1.54, 1.807) is 7.05 Å². The maximum atomic E-state index is 8.46. The monoisotopic (exact) mass is 414 g/mol. The Balaban J connectivity index is -0.0000000289. The highest BCUT2D eigenvalue weighted by atomic mass is 16.5. The molecule has 4 nitrogen and oxygen atoms in total. The van der Waals surface area contributed by atoms with Crippen molar-refractivity contribution in [3.8, 4) is 0 Å². The molecule has 0 aromatic heterocycles. The molecule has 0 bridgehead atoms. The van der Waals surface area contributed by atoms with Gasteiger partial charge in [0.05, 0.1) is 0 Å². The van der Waals surface area contributed by atoms with Crippen LogP contribution in [0.1, 0.15) is 129 Å². The summed E-state index contributed by atoms with van der Waals surface area (Å²) in [4.78, 5) is 0. The van der Waals surface area contributed by atoms with Crippen molar-refractivity contribution in [2.45, 2.75) is 135 Å². The SMILES string of the molecule is CC.CC.CC.CC(C)N(C)O.CCC.CCCCCCC.CCN.CNC. The van der Waals surface area contributed by atoms with Gasteiger partial charge in [-0.25, -0.2) is 0 Å². The second-order valence-electron chi connectivity index (χ2n) is 5.34. The van der Waals surface area contributed by atoms with Crippen molar-refractivity contribution in [2.24, 2.45) is 5.73 Å². The van der Waals surface area contributed by atoms with E-state index in [1.807, 2.05) is 76.4 Å². The predicted molar refractivity (Wildman–Crippen MR) is 139 cm³/mol. The molecule has 184 valence electrons. The summed E-state index contributed by atoms with van der Waals surface area (Å²) in [5.74, 6) is 0. The lowest BCUT2D eigenvalue weighted by atomic mass is 10.2. The standard InChI is InChI=1S/C7H16.C4H11NO.C3H8.2C2H7N.3C2H6/c1-3-5-7-6-4-2;1-4(2)5(3)6;2*1-3-2;1-2-3;3*1-2/h3-7H2,1-2H3;4,6H,1-3H3;3H2,1-2H3;3H,1-2H3;2-3H2,1H3;3*1-2H3. The molecule has 0 aliphatic carbocycles. The average molecular weight is 414 g/mol. The topological polar surface area (TPSA) is 61.5 Å². The molecule has 4 heteroatoms. The van der Waals surface area contributed by atoms with E-state index in [4.69, 9.17) is 10.9 Å². The van der Waals surface area contributed by atoms with Crippen molar-refractivity contribution < 1.29 is 5.21 Å². The van der Waals surface area contributed by atoms with Gasteiger partial charge in [0.2, 0.25) is 0 Å². The second-order valence-corrected chi connectivity index (χ2v) is 5.34. The molecule has 0 saturated heterocycles. The van der Waals surface area contributed by atoms with Crippen molar-refractivity contribution >= 4 is 0 Å². The molecule has 0 rings (SSSR count). The zero-order chi connectivity index (χ0) is 24.8. The molecule has 4 N–H and O–H groups in total. The molecule has 0 fully saturated rings. The summed E-state index contributed by atoms with van der Waals surface area (Å²) in [5, 5.41) is 12.4. The second kappa shape index (κ2) is 93.6. The van der Waals surface area contributed by atoms with Crippen molar-refractivity contribution in [1.82, 2.24) is 10.4 Å². The van der Waals surface area contributed by atoms with Gasteiger partial charge < -0.3 is 16.3 Å². The minimum atomic E-state index is 0.241. The number of nitrogens with one attached hydrogen (secondary N) is 1. The molecule has 0 amide bonds. The summed E-state index contributed by atoms with van der Waals surface area (Å²) in [7, 11) is 5.38. The number of unbranched alkanes of at least 4 members (excludes halogenated alkanes) is 4. The van der Waals surface area contributed by atoms with Crippen LogP contribution in [0.25, 0.3) is 0 Å². The first kappa shape index (κ1) is 51.0. The average Bonchev–Trinajstić information content (AvgIpc) is 2.69. The molecule has 0 spiro atoms. The Morgan fingerprint density at radius 3 is 0.964 bits per heavy atom. The summed E-state index contributed by atoms with van der Waals surface area (Å²) < 4.78 is 0. The predicted octanol–water partition coefficient (Wildman–Crippen LogP) is 7.99. The third-order valence-electron chi connectivity index (χ3n) is 1.95. The Bertz CT molecular complexity index is 108. The number of hydroxylamine groups is 2. The van der Waals surface area contributed by atoms with Gasteiger partial charge >= 0.3 is 0 Å². The zero-order valence-corrected chi connectivity index (χ0v) is 23.5. The molecule has 0 aliphatic rings. The first-order valence-electron chi connectivity index (χ1n) is 12.0. The van der Waals surface area contributed by atoms with E-state index >= 15 is 0 Å². The number of hydrogen-bond acceptors (Lipinski definition) is 4. The van der Waals surface area contributed by atoms with Crippen molar-refractivity contribution in [3.05, 3.63) is 0 Å². The van der Waals surface area contributed by atoms with Gasteiger partial charge in [-0.1, -0.05) is 115 Å². The van der Waals surface area contributed by atoms with E-state index < -0.39 is 0 Å². The largest absolute Gasteiger partial charge is 0.331 e. The van der Waals surface area contributed by atoms with Crippen LogP contribution in [0.4, 0.5) is 0 Å². The Hall–Kier alpha value is -0.160. The van der Waals surface area contributed by atoms with Crippen molar-refractivity contribution in [1.29, 1.82) is 0 Å². The van der Waals surface area contributed by atoms with Gasteiger partial charge in [0.15, 0.2) is 0 Å². The fraction of sp³-hybridized carbons (Fsp3) is 1.00. The highest BCUT2D eigenvalue weighted by Gasteiger charge is 1.92. The van der Waals surface area contributed by atoms with Gasteiger partial charge in [0.1, 0.15) is 0 Å². The van der Waals surface area contributed by atoms with E-state index in [-0.39, 0.29) is 6.04 Å². The van der Waals surface area contributed by atoms with Crippen molar-refractivity contribution in [3.63, 3.8) is 0 Å². The highest BCUT2D eigenvalue weighted by Crippen LogP contribution is 2.00. The van der Waals surface area contributed by atoms with Crippen LogP contribution in [-0.4, -0.2) is 44.0 Å². The van der Waals surface area contributed by atoms with Crippen LogP contribution in [0.2, 0.25) is 0 Å². The minimum absolute atomic E-state index is 0.241. The van der Waals surface area contributed by atoms with Gasteiger partial charge in [-0.05, 0) is 34.5 Å². The summed E-state index contributed by atoms with van der Waals surface area (Å²) in [5.41, 5.74) is 4.85. The van der Waals surface area contributed by atoms with E-state index in [0.29, 0.717) is 0 Å². The molecule has 0 atom stereocenters. The Labute approximate surface area is 184 Å². The maximum absolute atomic E-state index is 8.46. The molecular weight excluding hydrogens is 346 g/mol. The van der Waals surface area contributed by atoms with Gasteiger partial charge in [-0.15, -0.1) is 0 Å². The first-order valence-corrected chi connectivity index (χ1v) is 12.0. The quantitative estimate of drug-likeness (QED) is 0.315. The van der Waals surface area contributed by atoms with E-state index in [2.05, 4.69) is 33.0 Å². The summed E-state index contributed by atoms with van der Waals surface area (Å²) >= 11 is 0. The smallest absolute Gasteiger partial charge is 0.0290 e. The summed E-state index contributed by atoms with van der Waals surface area (Å²) in [6.45, 7) is 27.2. The van der Waals surface area contributed by atoms with E-state index in [9.17, 15) is 0 Å². The van der Waals surface area contributed by atoms with Crippen LogP contribution in [0, 0.1) is 0 Å². The normalized spacial score (nSPS) is 7.29. The molecule has 0 aliphatic heterocycles. The van der Waals surface area contributed by atoms with E-state index in [0.717, 1.165) is 6.54 Å². The lowest BCUT2D eigenvalue weighted by Crippen LogP contribution is -2.21. The molecule has 0 aromatic rings. The lowest BCUT2D eigenvalue weighted by Gasteiger charge is -2.10. The van der Waals surface area contributed by atoms with Crippen LogP contribution in [0.5, 0.6) is 0 Å². The Morgan fingerprint density at radius 2 is 0.893 bits per heavy atom. The third-order valence-corrected chi connectivity index (χ3v) is 1.95. The third kappa shape index (κ3) is 259. The zero-order valence-electron chi connectivity index (χ0n) is 23.5. The number of rotatable bonds is 5. The van der Waals surface area contributed by atoms with Crippen LogP contribution < -0.4 is 11.1 Å². The fourth-order valence-corrected chi connectivity index (χ4v) is 0.677. The van der Waals surface area contributed by atoms with Gasteiger partial charge in [-0.2, -0.15) is 5.06 Å².